The van der Waals surface area contributed by atoms with Crippen LogP contribution in [0.15, 0.2) is 43.5 Å². The van der Waals surface area contributed by atoms with E-state index in [1.807, 2.05) is 32.0 Å². The molecule has 1 aromatic rings. The van der Waals surface area contributed by atoms with E-state index in [0.29, 0.717) is 38.9 Å². The molecule has 3 amide bonds. The van der Waals surface area contributed by atoms with Crippen molar-refractivity contribution < 1.29 is 19.5 Å². The van der Waals surface area contributed by atoms with Crippen molar-refractivity contribution in [1.82, 2.24) is 9.80 Å². The first-order valence-electron chi connectivity index (χ1n) is 13.2. The highest BCUT2D eigenvalue weighted by Gasteiger charge is 2.76. The molecule has 1 aromatic carbocycles. The fourth-order valence-corrected chi connectivity index (χ4v) is 10.3. The van der Waals surface area contributed by atoms with Crippen molar-refractivity contribution in [3.05, 3.63) is 54.6 Å². The number of unbranched alkanes of at least 4 members (excludes halogenated alkanes) is 1. The van der Waals surface area contributed by atoms with E-state index in [-0.39, 0.29) is 34.4 Å². The van der Waals surface area contributed by atoms with Crippen LogP contribution in [-0.4, -0.2) is 86.8 Å². The van der Waals surface area contributed by atoms with Gasteiger partial charge in [0, 0.05) is 49.1 Å². The molecule has 3 saturated heterocycles. The molecular weight excluding hydrogens is 566 g/mol. The Morgan fingerprint density at radius 3 is 2.45 bits per heavy atom. The number of benzene rings is 1. The lowest BCUT2D eigenvalue weighted by atomic mass is 9.70. The maximum Gasteiger partial charge on any atom is 0.251 e. The van der Waals surface area contributed by atoms with E-state index in [1.54, 1.807) is 45.7 Å². The number of anilines is 1. The molecule has 3 heterocycles. The Hall–Kier alpha value is -2.10. The van der Waals surface area contributed by atoms with E-state index in [0.717, 1.165) is 16.8 Å². The molecule has 7 nitrogen and oxygen atoms in total. The average molecular weight is 605 g/mol. The summed E-state index contributed by atoms with van der Waals surface area (Å²) in [7, 11) is 1.74. The van der Waals surface area contributed by atoms with Crippen LogP contribution < -0.4 is 4.90 Å². The SMILES string of the molecule is C=CCN(C)C(=O)[C@H]1[C@H]2C(=O)N(CCCCO)C(C(=O)N(CC=C)c3c(C)cccc3C)C23CC(Br)[C@@H]1S3. The molecule has 0 aromatic heterocycles. The van der Waals surface area contributed by atoms with Crippen molar-refractivity contribution in [2.75, 3.05) is 38.2 Å². The van der Waals surface area contributed by atoms with Crippen LogP contribution in [0.3, 0.4) is 0 Å². The van der Waals surface area contributed by atoms with Gasteiger partial charge in [0.15, 0.2) is 0 Å². The second kappa shape index (κ2) is 11.6. The Balaban J connectivity index is 1.81. The zero-order chi connectivity index (χ0) is 27.8. The number of hydrogen-bond acceptors (Lipinski definition) is 5. The fraction of sp³-hybridized carbons (Fsp3) is 0.552. The number of amides is 3. The first-order chi connectivity index (χ1) is 18.1. The van der Waals surface area contributed by atoms with Crippen LogP contribution in [0.5, 0.6) is 0 Å². The first-order valence-corrected chi connectivity index (χ1v) is 15.0. The van der Waals surface area contributed by atoms with Crippen molar-refractivity contribution in [3.8, 4) is 0 Å². The monoisotopic (exact) mass is 603 g/mol. The van der Waals surface area contributed by atoms with Crippen molar-refractivity contribution in [3.63, 3.8) is 0 Å². The van der Waals surface area contributed by atoms with Gasteiger partial charge < -0.3 is 19.8 Å². The molecule has 0 radical (unpaired) electrons. The lowest BCUT2D eigenvalue weighted by molar-refractivity contribution is -0.143. The van der Waals surface area contributed by atoms with Crippen LogP contribution in [-0.2, 0) is 14.4 Å². The highest BCUT2D eigenvalue weighted by atomic mass is 79.9. The number of rotatable bonds is 11. The van der Waals surface area contributed by atoms with Gasteiger partial charge >= 0.3 is 0 Å². The highest BCUT2D eigenvalue weighted by molar-refractivity contribution is 9.09. The molecule has 3 aliphatic rings. The number of nitrogens with zero attached hydrogens (tertiary/aromatic N) is 3. The molecule has 0 aliphatic carbocycles. The van der Waals surface area contributed by atoms with Gasteiger partial charge in [0.1, 0.15) is 6.04 Å². The number of fused-ring (bicyclic) bond motifs is 1. The summed E-state index contributed by atoms with van der Waals surface area (Å²) in [4.78, 5) is 47.7. The molecule has 3 aliphatic heterocycles. The Bertz CT molecular complexity index is 1110. The number of thioether (sulfide) groups is 1. The fourth-order valence-electron chi connectivity index (χ4n) is 6.66. The number of alkyl halides is 1. The summed E-state index contributed by atoms with van der Waals surface area (Å²) in [6.07, 6.45) is 5.16. The minimum absolute atomic E-state index is 0.0170. The predicted molar refractivity (Wildman–Crippen MR) is 157 cm³/mol. The number of halogens is 1. The third-order valence-electron chi connectivity index (χ3n) is 8.18. The number of aliphatic hydroxyl groups is 1. The number of hydrogen-bond donors (Lipinski definition) is 1. The average Bonchev–Trinajstić information content (AvgIpc) is 3.46. The smallest absolute Gasteiger partial charge is 0.251 e. The number of carbonyl (C=O) groups is 3. The van der Waals surface area contributed by atoms with Crippen LogP contribution in [0.4, 0.5) is 5.69 Å². The zero-order valence-corrected chi connectivity index (χ0v) is 24.8. The quantitative estimate of drug-likeness (QED) is 0.237. The summed E-state index contributed by atoms with van der Waals surface area (Å²) in [5.74, 6) is -1.42. The summed E-state index contributed by atoms with van der Waals surface area (Å²) >= 11 is 5.47. The predicted octanol–water partition coefficient (Wildman–Crippen LogP) is 3.70. The molecule has 0 saturated carbocycles. The molecule has 6 atom stereocenters. The van der Waals surface area contributed by atoms with Crippen LogP contribution in [0.2, 0.25) is 0 Å². The summed E-state index contributed by atoms with van der Waals surface area (Å²) in [5.41, 5.74) is 2.80. The third-order valence-corrected chi connectivity index (χ3v) is 11.4. The van der Waals surface area contributed by atoms with Crippen molar-refractivity contribution in [2.24, 2.45) is 11.8 Å². The molecule has 1 N–H and O–H groups in total. The molecule has 3 unspecified atom stereocenters. The van der Waals surface area contributed by atoms with E-state index in [1.165, 1.54) is 0 Å². The van der Waals surface area contributed by atoms with Gasteiger partial charge in [-0.05, 0) is 44.2 Å². The Morgan fingerprint density at radius 2 is 1.84 bits per heavy atom. The van der Waals surface area contributed by atoms with E-state index < -0.39 is 22.6 Å². The Labute approximate surface area is 238 Å². The van der Waals surface area contributed by atoms with Gasteiger partial charge in [-0.1, -0.05) is 46.3 Å². The van der Waals surface area contributed by atoms with Gasteiger partial charge in [-0.25, -0.2) is 0 Å². The molecular formula is C29H38BrN3O4S. The Kier molecular flexibility index (Phi) is 8.79. The lowest BCUT2D eigenvalue weighted by Crippen LogP contribution is -2.56. The van der Waals surface area contributed by atoms with Gasteiger partial charge in [0.2, 0.25) is 11.8 Å². The maximum atomic E-state index is 14.7. The second-order valence-electron chi connectivity index (χ2n) is 10.6. The summed E-state index contributed by atoms with van der Waals surface area (Å²) in [5, 5.41) is 9.33. The lowest BCUT2D eigenvalue weighted by Gasteiger charge is -2.38. The van der Waals surface area contributed by atoms with E-state index in [9.17, 15) is 19.5 Å². The zero-order valence-electron chi connectivity index (χ0n) is 22.4. The molecule has 1 spiro atoms. The van der Waals surface area contributed by atoms with Crippen LogP contribution in [0.1, 0.15) is 30.4 Å². The third kappa shape index (κ3) is 4.64. The minimum Gasteiger partial charge on any atom is -0.396 e. The number of aryl methyl sites for hydroxylation is 2. The summed E-state index contributed by atoms with van der Waals surface area (Å²) in [6.45, 7) is 12.7. The highest BCUT2D eigenvalue weighted by Crippen LogP contribution is 2.68. The van der Waals surface area contributed by atoms with Crippen LogP contribution in [0.25, 0.3) is 0 Å². The standard InChI is InChI=1S/C29H38BrN3O4S/c1-6-13-31(5)26(35)21-22-27(36)33(15-8-9-16-34)25(29(22)17-20(30)24(21)38-29)28(37)32(14-7-2)23-18(3)11-10-12-19(23)4/h6-7,10-12,20-22,24-25,34H,1-2,8-9,13-17H2,3-5H3/t20?,21-,22-,24-,25?,29?/m0/s1. The van der Waals surface area contributed by atoms with Crippen LogP contribution >= 0.6 is 27.7 Å². The summed E-state index contributed by atoms with van der Waals surface area (Å²) < 4.78 is -0.711. The van der Waals surface area contributed by atoms with Gasteiger partial charge in [-0.3, -0.25) is 14.4 Å². The van der Waals surface area contributed by atoms with E-state index in [4.69, 9.17) is 0 Å². The van der Waals surface area contributed by atoms with Crippen molar-refractivity contribution in [2.45, 2.75) is 54.0 Å². The minimum atomic E-state index is -0.713. The number of carbonyl (C=O) groups excluding carboxylic acids is 3. The molecule has 206 valence electrons. The topological polar surface area (TPSA) is 81.2 Å². The summed E-state index contributed by atoms with van der Waals surface area (Å²) in [6, 6.07) is 5.23. The molecule has 3 fully saturated rings. The first kappa shape index (κ1) is 28.9. The number of likely N-dealkylation sites (tertiary alicyclic amines) is 1. The molecule has 38 heavy (non-hydrogen) atoms. The Morgan fingerprint density at radius 1 is 1.18 bits per heavy atom. The maximum absolute atomic E-state index is 14.7. The van der Waals surface area contributed by atoms with E-state index in [2.05, 4.69) is 29.1 Å². The van der Waals surface area contributed by atoms with Crippen molar-refractivity contribution >= 4 is 51.1 Å². The van der Waals surface area contributed by atoms with Crippen LogP contribution in [0, 0.1) is 25.7 Å². The van der Waals surface area contributed by atoms with Gasteiger partial charge in [0.05, 0.1) is 16.6 Å². The molecule has 2 bridgehead atoms. The van der Waals surface area contributed by atoms with E-state index >= 15 is 0 Å². The van der Waals surface area contributed by atoms with Gasteiger partial charge in [-0.2, -0.15) is 0 Å². The number of para-hydroxylation sites is 1. The van der Waals surface area contributed by atoms with Gasteiger partial charge in [0.25, 0.3) is 5.91 Å². The number of likely N-dealkylation sites (N-methyl/N-ethyl adjacent to an activating group) is 1. The molecule has 4 rings (SSSR count). The number of aliphatic hydroxyl groups excluding tert-OH is 1. The van der Waals surface area contributed by atoms with Gasteiger partial charge in [-0.15, -0.1) is 24.9 Å². The largest absolute Gasteiger partial charge is 0.396 e. The second-order valence-corrected chi connectivity index (χ2v) is 13.3. The normalized spacial score (nSPS) is 29.3. The van der Waals surface area contributed by atoms with Crippen molar-refractivity contribution in [1.29, 1.82) is 0 Å². The molecule has 9 heteroatoms.